The van der Waals surface area contributed by atoms with Gasteiger partial charge in [-0.15, -0.1) is 0 Å². The van der Waals surface area contributed by atoms with Crippen molar-refractivity contribution in [1.29, 1.82) is 0 Å². The van der Waals surface area contributed by atoms with Gasteiger partial charge in [0.15, 0.2) is 0 Å². The number of ether oxygens (including phenoxy) is 4. The van der Waals surface area contributed by atoms with E-state index >= 15 is 0 Å². The van der Waals surface area contributed by atoms with Gasteiger partial charge >= 0.3 is 11.9 Å². The highest BCUT2D eigenvalue weighted by Crippen LogP contribution is 2.60. The lowest BCUT2D eigenvalue weighted by molar-refractivity contribution is -0.182. The number of benzene rings is 1. The van der Waals surface area contributed by atoms with Crippen LogP contribution in [-0.2, 0) is 24.7 Å². The first-order valence-corrected chi connectivity index (χ1v) is 9.56. The third kappa shape index (κ3) is 2.13. The molecule has 2 heterocycles. The SMILES string of the molecule is CCOC(=O)C1(C)Oc2ccc3c4c2C1=CCCC4(O)C(C)(C(=O)OCC)O3. The van der Waals surface area contributed by atoms with Crippen molar-refractivity contribution in [2.24, 2.45) is 0 Å². The molecule has 0 saturated heterocycles. The van der Waals surface area contributed by atoms with Gasteiger partial charge in [0.2, 0.25) is 11.2 Å². The lowest BCUT2D eigenvalue weighted by Crippen LogP contribution is -2.56. The van der Waals surface area contributed by atoms with Crippen LogP contribution in [0, 0.1) is 0 Å². The van der Waals surface area contributed by atoms with Gasteiger partial charge in [-0.3, -0.25) is 0 Å². The number of carbonyl (C=O) groups is 2. The Hall–Kier alpha value is -2.54. The second-order valence-corrected chi connectivity index (χ2v) is 7.54. The maximum Gasteiger partial charge on any atom is 0.354 e. The first kappa shape index (κ1) is 18.8. The molecule has 2 aliphatic heterocycles. The molecule has 1 aliphatic carbocycles. The van der Waals surface area contributed by atoms with Crippen molar-refractivity contribution in [2.45, 2.75) is 57.3 Å². The summed E-state index contributed by atoms with van der Waals surface area (Å²) >= 11 is 0. The number of hydrogen-bond donors (Lipinski definition) is 1. The van der Waals surface area contributed by atoms with Gasteiger partial charge in [0.05, 0.1) is 13.2 Å². The van der Waals surface area contributed by atoms with Crippen LogP contribution in [-0.4, -0.2) is 41.5 Å². The zero-order chi connectivity index (χ0) is 20.3. The Morgan fingerprint density at radius 2 is 1.71 bits per heavy atom. The lowest BCUT2D eigenvalue weighted by Gasteiger charge is -2.35. The monoisotopic (exact) mass is 388 g/mol. The van der Waals surface area contributed by atoms with Crippen molar-refractivity contribution in [1.82, 2.24) is 0 Å². The number of esters is 2. The van der Waals surface area contributed by atoms with Crippen molar-refractivity contribution in [3.8, 4) is 11.5 Å². The number of rotatable bonds is 4. The van der Waals surface area contributed by atoms with Crippen molar-refractivity contribution >= 4 is 17.5 Å². The predicted octanol–water partition coefficient (Wildman–Crippen LogP) is 2.48. The van der Waals surface area contributed by atoms with Gasteiger partial charge in [0, 0.05) is 16.7 Å². The predicted molar refractivity (Wildman–Crippen MR) is 98.9 cm³/mol. The number of carbonyl (C=O) groups excluding carboxylic acids is 2. The Labute approximate surface area is 163 Å². The molecule has 28 heavy (non-hydrogen) atoms. The molecule has 1 N–H and O–H groups in total. The molecule has 0 fully saturated rings. The van der Waals surface area contributed by atoms with Crippen LogP contribution < -0.4 is 9.47 Å². The summed E-state index contributed by atoms with van der Waals surface area (Å²) in [5.41, 5.74) is -2.82. The Morgan fingerprint density at radius 3 is 2.39 bits per heavy atom. The van der Waals surface area contributed by atoms with Crippen LogP contribution in [0.15, 0.2) is 18.2 Å². The summed E-state index contributed by atoms with van der Waals surface area (Å²) in [7, 11) is 0. The fourth-order valence-corrected chi connectivity index (χ4v) is 4.45. The quantitative estimate of drug-likeness (QED) is 0.792. The topological polar surface area (TPSA) is 91.3 Å². The van der Waals surface area contributed by atoms with E-state index in [1.54, 1.807) is 39.8 Å². The van der Waals surface area contributed by atoms with Crippen molar-refractivity contribution in [3.05, 3.63) is 29.3 Å². The molecule has 150 valence electrons. The number of aliphatic hydroxyl groups is 1. The molecule has 0 bridgehead atoms. The highest BCUT2D eigenvalue weighted by Gasteiger charge is 2.65. The lowest BCUT2D eigenvalue weighted by atomic mass is 9.76. The van der Waals surface area contributed by atoms with Crippen LogP contribution in [0.2, 0.25) is 0 Å². The van der Waals surface area contributed by atoms with Gasteiger partial charge in [-0.2, -0.15) is 0 Å². The molecule has 3 atom stereocenters. The van der Waals surface area contributed by atoms with Crippen LogP contribution in [0.4, 0.5) is 0 Å². The highest BCUT2D eigenvalue weighted by molar-refractivity contribution is 6.02. The van der Waals surface area contributed by atoms with Crippen LogP contribution >= 0.6 is 0 Å². The Kier molecular flexibility index (Phi) is 4.01. The molecule has 0 saturated carbocycles. The second-order valence-electron chi connectivity index (χ2n) is 7.54. The molecule has 1 aromatic rings. The van der Waals surface area contributed by atoms with E-state index in [0.29, 0.717) is 34.6 Å². The fraction of sp³-hybridized carbons (Fsp3) is 0.524. The highest BCUT2D eigenvalue weighted by atomic mass is 16.6. The minimum absolute atomic E-state index is 0.176. The minimum atomic E-state index is -1.61. The summed E-state index contributed by atoms with van der Waals surface area (Å²) < 4.78 is 22.4. The molecule has 4 rings (SSSR count). The summed E-state index contributed by atoms with van der Waals surface area (Å²) in [6.07, 6.45) is 2.55. The van der Waals surface area contributed by atoms with E-state index in [4.69, 9.17) is 18.9 Å². The van der Waals surface area contributed by atoms with Gasteiger partial charge in [-0.05, 0) is 52.7 Å². The molecular formula is C21H24O7. The Morgan fingerprint density at radius 1 is 1.07 bits per heavy atom. The second kappa shape index (κ2) is 5.98. The largest absolute Gasteiger partial charge is 0.472 e. The molecule has 3 unspecified atom stereocenters. The van der Waals surface area contributed by atoms with Crippen LogP contribution in [0.1, 0.15) is 51.7 Å². The Balaban J connectivity index is 1.90. The number of hydrogen-bond acceptors (Lipinski definition) is 7. The molecule has 3 aliphatic rings. The average molecular weight is 388 g/mol. The summed E-state index contributed by atoms with van der Waals surface area (Å²) in [6, 6.07) is 3.35. The summed E-state index contributed by atoms with van der Waals surface area (Å²) in [5.74, 6) is -0.277. The normalized spacial score (nSPS) is 31.8. The third-order valence-corrected chi connectivity index (χ3v) is 5.93. The van der Waals surface area contributed by atoms with E-state index in [0.717, 1.165) is 0 Å². The van der Waals surface area contributed by atoms with E-state index in [2.05, 4.69) is 0 Å². The molecule has 0 amide bonds. The standard InChI is InChI=1S/C21H24O7/c1-5-25-17(22)19(3)12-8-7-11-21(24)16-14(10-9-13(27-19)15(12)16)28-20(21,4)18(23)26-6-2/h8-10,24H,5-7,11H2,1-4H3. The maximum absolute atomic E-state index is 12.7. The van der Waals surface area contributed by atoms with Gasteiger partial charge in [-0.1, -0.05) is 6.08 Å². The Bertz CT molecular complexity index is 904. The van der Waals surface area contributed by atoms with Gasteiger partial charge in [0.25, 0.3) is 0 Å². The summed E-state index contributed by atoms with van der Waals surface area (Å²) in [5, 5.41) is 11.7. The maximum atomic E-state index is 12.7. The van der Waals surface area contributed by atoms with E-state index < -0.39 is 28.7 Å². The van der Waals surface area contributed by atoms with Crippen molar-refractivity contribution in [3.63, 3.8) is 0 Å². The van der Waals surface area contributed by atoms with E-state index in [1.165, 1.54) is 0 Å². The molecular weight excluding hydrogens is 364 g/mol. The van der Waals surface area contributed by atoms with Crippen LogP contribution in [0.3, 0.4) is 0 Å². The first-order chi connectivity index (χ1) is 13.2. The van der Waals surface area contributed by atoms with Crippen LogP contribution in [0.25, 0.3) is 5.57 Å². The van der Waals surface area contributed by atoms with E-state index in [-0.39, 0.29) is 19.6 Å². The smallest absolute Gasteiger partial charge is 0.354 e. The molecule has 1 aromatic carbocycles. The summed E-state index contributed by atoms with van der Waals surface area (Å²) in [4.78, 5) is 25.4. The summed E-state index contributed by atoms with van der Waals surface area (Å²) in [6.45, 7) is 7.05. The van der Waals surface area contributed by atoms with Gasteiger partial charge in [-0.25, -0.2) is 9.59 Å². The van der Waals surface area contributed by atoms with Crippen molar-refractivity contribution in [2.75, 3.05) is 13.2 Å². The zero-order valence-electron chi connectivity index (χ0n) is 16.5. The van der Waals surface area contributed by atoms with Crippen LogP contribution in [0.5, 0.6) is 11.5 Å². The first-order valence-electron chi connectivity index (χ1n) is 9.56. The van der Waals surface area contributed by atoms with E-state index in [9.17, 15) is 14.7 Å². The zero-order valence-corrected chi connectivity index (χ0v) is 16.5. The van der Waals surface area contributed by atoms with Gasteiger partial charge < -0.3 is 24.1 Å². The molecule has 7 heteroatoms. The minimum Gasteiger partial charge on any atom is -0.472 e. The molecule has 0 spiro atoms. The molecule has 7 nitrogen and oxygen atoms in total. The molecule has 0 radical (unpaired) electrons. The third-order valence-electron chi connectivity index (χ3n) is 5.93. The number of allylic oxidation sites excluding steroid dienone is 1. The fourth-order valence-electron chi connectivity index (χ4n) is 4.45. The van der Waals surface area contributed by atoms with Crippen molar-refractivity contribution < 1.29 is 33.6 Å². The molecule has 0 aromatic heterocycles. The van der Waals surface area contributed by atoms with Gasteiger partial charge in [0.1, 0.15) is 17.1 Å². The average Bonchev–Trinajstić information content (AvgIpc) is 2.98. The van der Waals surface area contributed by atoms with E-state index in [1.807, 2.05) is 6.08 Å².